The lowest BCUT2D eigenvalue weighted by Crippen LogP contribution is -2.46. The number of aromatic amines is 1. The molecular weight excluding hydrogens is 424 g/mol. The summed E-state index contributed by atoms with van der Waals surface area (Å²) in [5.74, 6) is 1.22. The molecule has 1 N–H and O–H groups in total. The van der Waals surface area contributed by atoms with Crippen molar-refractivity contribution in [3.8, 4) is 0 Å². The number of hydrogen-bond donors (Lipinski definition) is 1. The molecule has 146 valence electrons. The van der Waals surface area contributed by atoms with Crippen LogP contribution in [0.15, 0.2) is 28.7 Å². The van der Waals surface area contributed by atoms with Gasteiger partial charge in [0.05, 0.1) is 19.2 Å². The zero-order valence-corrected chi connectivity index (χ0v) is 17.4. The summed E-state index contributed by atoms with van der Waals surface area (Å²) < 4.78 is 5.86. The molecule has 0 aliphatic carbocycles. The topological polar surface area (TPSA) is 87.2 Å². The van der Waals surface area contributed by atoms with Crippen molar-refractivity contribution >= 4 is 38.5 Å². The average molecular weight is 445 g/mol. The first-order valence-electron chi connectivity index (χ1n) is 9.07. The SMILES string of the molecule is COC(=O)c1cc(N2CCN(Cc3n[nH]c(C)n3)CC2)c2cc(Br)ccc2n1. The molecule has 4 rings (SSSR count). The zero-order chi connectivity index (χ0) is 19.7. The molecule has 1 fully saturated rings. The highest BCUT2D eigenvalue weighted by Crippen LogP contribution is 2.30. The summed E-state index contributed by atoms with van der Waals surface area (Å²) in [6.07, 6.45) is 0. The molecule has 0 unspecified atom stereocenters. The Labute approximate surface area is 171 Å². The lowest BCUT2D eigenvalue weighted by molar-refractivity contribution is 0.0594. The van der Waals surface area contributed by atoms with Crippen LogP contribution < -0.4 is 4.90 Å². The number of nitrogens with one attached hydrogen (secondary N) is 1. The highest BCUT2D eigenvalue weighted by Gasteiger charge is 2.22. The number of aryl methyl sites for hydroxylation is 1. The first-order chi connectivity index (χ1) is 13.5. The van der Waals surface area contributed by atoms with Crippen molar-refractivity contribution in [2.24, 2.45) is 0 Å². The maximum atomic E-state index is 12.1. The van der Waals surface area contributed by atoms with Crippen molar-refractivity contribution in [1.29, 1.82) is 0 Å². The molecule has 0 bridgehead atoms. The number of benzene rings is 1. The number of nitrogens with zero attached hydrogens (tertiary/aromatic N) is 5. The van der Waals surface area contributed by atoms with E-state index in [9.17, 15) is 4.79 Å². The first kappa shape index (κ1) is 18.8. The number of carbonyl (C=O) groups is 1. The average Bonchev–Trinajstić information content (AvgIpc) is 3.12. The maximum absolute atomic E-state index is 12.1. The quantitative estimate of drug-likeness (QED) is 0.618. The summed E-state index contributed by atoms with van der Waals surface area (Å²) in [6, 6.07) is 7.71. The fourth-order valence-electron chi connectivity index (χ4n) is 3.46. The van der Waals surface area contributed by atoms with Crippen molar-refractivity contribution in [1.82, 2.24) is 25.1 Å². The molecule has 0 radical (unpaired) electrons. The number of anilines is 1. The van der Waals surface area contributed by atoms with Gasteiger partial charge < -0.3 is 9.64 Å². The second-order valence-corrected chi connectivity index (χ2v) is 7.70. The van der Waals surface area contributed by atoms with Gasteiger partial charge in [-0.1, -0.05) is 15.9 Å². The van der Waals surface area contributed by atoms with Gasteiger partial charge >= 0.3 is 5.97 Å². The van der Waals surface area contributed by atoms with Crippen molar-refractivity contribution in [2.75, 3.05) is 38.2 Å². The summed E-state index contributed by atoms with van der Waals surface area (Å²) in [5, 5.41) is 8.12. The van der Waals surface area contributed by atoms with E-state index in [0.29, 0.717) is 5.69 Å². The number of methoxy groups -OCH3 is 1. The van der Waals surface area contributed by atoms with Gasteiger partial charge in [0, 0.05) is 41.7 Å². The van der Waals surface area contributed by atoms with Crippen molar-refractivity contribution < 1.29 is 9.53 Å². The van der Waals surface area contributed by atoms with Gasteiger partial charge in [0.2, 0.25) is 0 Å². The van der Waals surface area contributed by atoms with E-state index in [4.69, 9.17) is 4.74 Å². The van der Waals surface area contributed by atoms with Crippen LogP contribution in [0, 0.1) is 6.92 Å². The van der Waals surface area contributed by atoms with Crippen LogP contribution in [0.2, 0.25) is 0 Å². The first-order valence-corrected chi connectivity index (χ1v) is 9.86. The molecule has 1 aliphatic rings. The normalized spacial score (nSPS) is 15.2. The molecule has 9 heteroatoms. The Morgan fingerprint density at radius 3 is 2.68 bits per heavy atom. The molecule has 3 heterocycles. The number of rotatable bonds is 4. The Hall–Kier alpha value is -2.52. The number of carbonyl (C=O) groups excluding carboxylic acids is 1. The Morgan fingerprint density at radius 1 is 1.21 bits per heavy atom. The number of H-pyrrole nitrogens is 1. The van der Waals surface area contributed by atoms with Gasteiger partial charge in [-0.25, -0.2) is 14.8 Å². The van der Waals surface area contributed by atoms with E-state index in [1.165, 1.54) is 7.11 Å². The molecular formula is C19H21BrN6O2. The van der Waals surface area contributed by atoms with E-state index in [2.05, 4.69) is 45.9 Å². The number of aromatic nitrogens is 4. The van der Waals surface area contributed by atoms with E-state index in [-0.39, 0.29) is 0 Å². The van der Waals surface area contributed by atoms with Gasteiger partial charge in [-0.3, -0.25) is 10.00 Å². The molecule has 3 aromatic rings. The lowest BCUT2D eigenvalue weighted by atomic mass is 10.1. The molecule has 0 amide bonds. The number of esters is 1. The number of halogens is 1. The Kier molecular flexibility index (Phi) is 5.27. The summed E-state index contributed by atoms with van der Waals surface area (Å²) in [4.78, 5) is 25.6. The number of ether oxygens (including phenoxy) is 1. The zero-order valence-electron chi connectivity index (χ0n) is 15.8. The van der Waals surface area contributed by atoms with E-state index < -0.39 is 5.97 Å². The predicted octanol–water partition coefficient (Wildman–Crippen LogP) is 2.53. The Balaban J connectivity index is 1.58. The number of pyridine rings is 1. The van der Waals surface area contributed by atoms with Crippen LogP contribution in [-0.2, 0) is 11.3 Å². The maximum Gasteiger partial charge on any atom is 0.356 e. The molecule has 1 aromatic carbocycles. The summed E-state index contributed by atoms with van der Waals surface area (Å²) >= 11 is 3.54. The predicted molar refractivity (Wildman–Crippen MR) is 109 cm³/mol. The summed E-state index contributed by atoms with van der Waals surface area (Å²) in [7, 11) is 1.37. The van der Waals surface area contributed by atoms with E-state index in [1.807, 2.05) is 31.2 Å². The largest absolute Gasteiger partial charge is 0.464 e. The standard InChI is InChI=1S/C19H21BrN6O2/c1-12-21-18(24-23-12)11-25-5-7-26(8-6-25)17-10-16(19(27)28-2)22-15-4-3-13(20)9-14(15)17/h3-4,9-10H,5-8,11H2,1-2H3,(H,21,23,24). The van der Waals surface area contributed by atoms with Gasteiger partial charge in [0.1, 0.15) is 5.82 Å². The Bertz CT molecular complexity index is 1010. The van der Waals surface area contributed by atoms with Gasteiger partial charge in [-0.2, -0.15) is 5.10 Å². The summed E-state index contributed by atoms with van der Waals surface area (Å²) in [5.41, 5.74) is 2.10. The van der Waals surface area contributed by atoms with Crippen molar-refractivity contribution in [3.05, 3.63) is 46.1 Å². The van der Waals surface area contributed by atoms with Crippen molar-refractivity contribution in [2.45, 2.75) is 13.5 Å². The second kappa shape index (κ2) is 7.84. The van der Waals surface area contributed by atoms with Crippen LogP contribution in [0.4, 0.5) is 5.69 Å². The highest BCUT2D eigenvalue weighted by molar-refractivity contribution is 9.10. The minimum Gasteiger partial charge on any atom is -0.464 e. The molecule has 0 saturated carbocycles. The van der Waals surface area contributed by atoms with Gasteiger partial charge in [-0.15, -0.1) is 0 Å². The molecule has 28 heavy (non-hydrogen) atoms. The van der Waals surface area contributed by atoms with Crippen molar-refractivity contribution in [3.63, 3.8) is 0 Å². The number of hydrogen-bond acceptors (Lipinski definition) is 7. The molecule has 1 aliphatic heterocycles. The van der Waals surface area contributed by atoms with E-state index in [0.717, 1.165) is 65.4 Å². The van der Waals surface area contributed by atoms with Crippen LogP contribution in [0.1, 0.15) is 22.1 Å². The minimum absolute atomic E-state index is 0.325. The fraction of sp³-hybridized carbons (Fsp3) is 0.368. The third-order valence-electron chi connectivity index (χ3n) is 4.86. The third-order valence-corrected chi connectivity index (χ3v) is 5.36. The Morgan fingerprint density at radius 2 is 2.00 bits per heavy atom. The van der Waals surface area contributed by atoms with Crippen LogP contribution >= 0.6 is 15.9 Å². The van der Waals surface area contributed by atoms with Gasteiger partial charge in [-0.05, 0) is 31.2 Å². The molecule has 2 aromatic heterocycles. The molecule has 0 spiro atoms. The van der Waals surface area contributed by atoms with E-state index >= 15 is 0 Å². The lowest BCUT2D eigenvalue weighted by Gasteiger charge is -2.36. The molecule has 8 nitrogen and oxygen atoms in total. The van der Waals surface area contributed by atoms with Crippen LogP contribution in [0.25, 0.3) is 10.9 Å². The van der Waals surface area contributed by atoms with E-state index in [1.54, 1.807) is 0 Å². The third kappa shape index (κ3) is 3.85. The molecule has 0 atom stereocenters. The number of piperazine rings is 1. The van der Waals surface area contributed by atoms with Gasteiger partial charge in [0.25, 0.3) is 0 Å². The second-order valence-electron chi connectivity index (χ2n) is 6.78. The number of fused-ring (bicyclic) bond motifs is 1. The monoisotopic (exact) mass is 444 g/mol. The van der Waals surface area contributed by atoms with Crippen LogP contribution in [0.3, 0.4) is 0 Å². The molecule has 1 saturated heterocycles. The van der Waals surface area contributed by atoms with Gasteiger partial charge in [0.15, 0.2) is 11.5 Å². The summed E-state index contributed by atoms with van der Waals surface area (Å²) in [6.45, 7) is 6.09. The smallest absolute Gasteiger partial charge is 0.356 e. The fourth-order valence-corrected chi connectivity index (χ4v) is 3.82. The van der Waals surface area contributed by atoms with Crippen LogP contribution in [0.5, 0.6) is 0 Å². The van der Waals surface area contributed by atoms with Crippen LogP contribution in [-0.4, -0.2) is 64.3 Å². The minimum atomic E-state index is -0.426. The highest BCUT2D eigenvalue weighted by atomic mass is 79.9.